The molecule has 0 aliphatic carbocycles. The highest BCUT2D eigenvalue weighted by atomic mass is 16.5. The van der Waals surface area contributed by atoms with Crippen LogP contribution in [0.4, 0.5) is 0 Å². The third-order valence-corrected chi connectivity index (χ3v) is 2.79. The summed E-state index contributed by atoms with van der Waals surface area (Å²) in [4.78, 5) is 0. The van der Waals surface area contributed by atoms with Gasteiger partial charge in [0, 0.05) is 6.61 Å². The van der Waals surface area contributed by atoms with Crippen molar-refractivity contribution in [1.82, 2.24) is 5.32 Å². The van der Waals surface area contributed by atoms with Crippen molar-refractivity contribution in [3.05, 3.63) is 35.4 Å². The summed E-state index contributed by atoms with van der Waals surface area (Å²) in [6.07, 6.45) is 0. The molecule has 0 fully saturated rings. The summed E-state index contributed by atoms with van der Waals surface area (Å²) >= 11 is 0. The average Bonchev–Trinajstić information content (AvgIpc) is 2.38. The maximum Gasteiger partial charge on any atom is 0.0701 e. The molecule has 3 heteroatoms. The second-order valence-corrected chi connectivity index (χ2v) is 4.29. The van der Waals surface area contributed by atoms with Gasteiger partial charge < -0.3 is 14.8 Å². The van der Waals surface area contributed by atoms with Gasteiger partial charge in [0.25, 0.3) is 0 Å². The zero-order valence-electron chi connectivity index (χ0n) is 11.7. The molecule has 0 heterocycles. The summed E-state index contributed by atoms with van der Waals surface area (Å²) in [5.74, 6) is 0. The smallest absolute Gasteiger partial charge is 0.0701 e. The van der Waals surface area contributed by atoms with Crippen LogP contribution >= 0.6 is 0 Å². The molecule has 0 amide bonds. The minimum absolute atomic E-state index is 0.261. The van der Waals surface area contributed by atoms with Crippen molar-refractivity contribution < 1.29 is 9.47 Å². The topological polar surface area (TPSA) is 30.5 Å². The number of ether oxygens (including phenoxy) is 2. The summed E-state index contributed by atoms with van der Waals surface area (Å²) in [6.45, 7) is 9.90. The van der Waals surface area contributed by atoms with Crippen LogP contribution in [0.2, 0.25) is 0 Å². The maximum atomic E-state index is 5.65. The van der Waals surface area contributed by atoms with Crippen LogP contribution in [0, 0.1) is 6.92 Å². The van der Waals surface area contributed by atoms with Crippen molar-refractivity contribution >= 4 is 0 Å². The van der Waals surface area contributed by atoms with Crippen LogP contribution < -0.4 is 5.32 Å². The normalized spacial score (nSPS) is 12.6. The van der Waals surface area contributed by atoms with Gasteiger partial charge in [-0.3, -0.25) is 0 Å². The molecule has 1 aromatic carbocycles. The number of hydrogen-bond donors (Lipinski definition) is 1. The lowest BCUT2D eigenvalue weighted by Crippen LogP contribution is -2.26. The monoisotopic (exact) mass is 251 g/mol. The van der Waals surface area contributed by atoms with Crippen LogP contribution in [0.5, 0.6) is 0 Å². The molecule has 0 bridgehead atoms. The number of aryl methyl sites for hydroxylation is 1. The summed E-state index contributed by atoms with van der Waals surface area (Å²) < 4.78 is 10.9. The van der Waals surface area contributed by atoms with E-state index in [1.54, 1.807) is 0 Å². The molecule has 0 saturated heterocycles. The van der Waals surface area contributed by atoms with E-state index in [2.05, 4.69) is 43.4 Å². The first-order chi connectivity index (χ1) is 8.77. The van der Waals surface area contributed by atoms with Gasteiger partial charge in [0.2, 0.25) is 0 Å². The lowest BCUT2D eigenvalue weighted by atomic mass is 10.1. The number of likely N-dealkylation sites (N-methyl/N-ethyl adjacent to an activating group) is 1. The van der Waals surface area contributed by atoms with E-state index in [1.165, 1.54) is 11.1 Å². The van der Waals surface area contributed by atoms with Gasteiger partial charge in [-0.2, -0.15) is 0 Å². The van der Waals surface area contributed by atoms with E-state index in [1.807, 2.05) is 6.92 Å². The third-order valence-electron chi connectivity index (χ3n) is 2.79. The first-order valence-corrected chi connectivity index (χ1v) is 6.73. The second-order valence-electron chi connectivity index (χ2n) is 4.29. The lowest BCUT2D eigenvalue weighted by molar-refractivity contribution is 0.0435. The van der Waals surface area contributed by atoms with E-state index in [0.29, 0.717) is 19.8 Å². The molecule has 0 aliphatic rings. The molecule has 0 aromatic heterocycles. The van der Waals surface area contributed by atoms with E-state index in [4.69, 9.17) is 9.47 Å². The van der Waals surface area contributed by atoms with Crippen molar-refractivity contribution in [2.24, 2.45) is 0 Å². The third kappa shape index (κ3) is 5.63. The molecular weight excluding hydrogens is 226 g/mol. The van der Waals surface area contributed by atoms with Crippen molar-refractivity contribution in [2.45, 2.75) is 26.8 Å². The van der Waals surface area contributed by atoms with Crippen molar-refractivity contribution in [3.8, 4) is 0 Å². The SMILES string of the molecule is CCNC(COCCOCC)c1ccc(C)cc1. The first kappa shape index (κ1) is 15.2. The van der Waals surface area contributed by atoms with Gasteiger partial charge in [0.05, 0.1) is 25.9 Å². The molecule has 1 atom stereocenters. The Morgan fingerprint density at radius 2 is 1.72 bits per heavy atom. The van der Waals surface area contributed by atoms with Crippen LogP contribution in [0.25, 0.3) is 0 Å². The minimum atomic E-state index is 0.261. The van der Waals surface area contributed by atoms with Gasteiger partial charge in [-0.25, -0.2) is 0 Å². The number of rotatable bonds is 9. The Kier molecular flexibility index (Phi) is 7.65. The van der Waals surface area contributed by atoms with Gasteiger partial charge in [-0.05, 0) is 26.0 Å². The molecule has 0 spiro atoms. The molecule has 1 N–H and O–H groups in total. The number of hydrogen-bond acceptors (Lipinski definition) is 3. The quantitative estimate of drug-likeness (QED) is 0.685. The zero-order chi connectivity index (χ0) is 13.2. The summed E-state index contributed by atoms with van der Waals surface area (Å²) in [7, 11) is 0. The predicted octanol–water partition coefficient (Wildman–Crippen LogP) is 2.70. The van der Waals surface area contributed by atoms with E-state index in [9.17, 15) is 0 Å². The van der Waals surface area contributed by atoms with Crippen LogP contribution in [-0.2, 0) is 9.47 Å². The van der Waals surface area contributed by atoms with E-state index < -0.39 is 0 Å². The molecule has 0 radical (unpaired) electrons. The van der Waals surface area contributed by atoms with Gasteiger partial charge in [0.15, 0.2) is 0 Å². The van der Waals surface area contributed by atoms with Crippen molar-refractivity contribution in [3.63, 3.8) is 0 Å². The molecule has 0 aliphatic heterocycles. The predicted molar refractivity (Wildman–Crippen MR) is 74.9 cm³/mol. The van der Waals surface area contributed by atoms with Gasteiger partial charge >= 0.3 is 0 Å². The Balaban J connectivity index is 2.41. The molecular formula is C15H25NO2. The highest BCUT2D eigenvalue weighted by Gasteiger charge is 2.09. The molecule has 1 unspecified atom stereocenters. The largest absolute Gasteiger partial charge is 0.379 e. The molecule has 102 valence electrons. The van der Waals surface area contributed by atoms with Crippen LogP contribution in [0.1, 0.15) is 31.0 Å². The summed E-state index contributed by atoms with van der Waals surface area (Å²) in [5.41, 5.74) is 2.56. The van der Waals surface area contributed by atoms with E-state index in [-0.39, 0.29) is 6.04 Å². The molecule has 18 heavy (non-hydrogen) atoms. The maximum absolute atomic E-state index is 5.65. The van der Waals surface area contributed by atoms with Crippen molar-refractivity contribution in [2.75, 3.05) is 33.0 Å². The Hall–Kier alpha value is -0.900. The van der Waals surface area contributed by atoms with Gasteiger partial charge in [0.1, 0.15) is 0 Å². The van der Waals surface area contributed by atoms with Crippen LogP contribution in [-0.4, -0.2) is 33.0 Å². The van der Waals surface area contributed by atoms with Gasteiger partial charge in [-0.1, -0.05) is 36.8 Å². The molecule has 1 rings (SSSR count). The van der Waals surface area contributed by atoms with Crippen molar-refractivity contribution in [1.29, 1.82) is 0 Å². The fourth-order valence-corrected chi connectivity index (χ4v) is 1.78. The molecule has 1 aromatic rings. The average molecular weight is 251 g/mol. The fraction of sp³-hybridized carbons (Fsp3) is 0.600. The summed E-state index contributed by atoms with van der Waals surface area (Å²) in [5, 5.41) is 3.44. The summed E-state index contributed by atoms with van der Waals surface area (Å²) in [6, 6.07) is 8.86. The fourth-order valence-electron chi connectivity index (χ4n) is 1.78. The number of nitrogens with one attached hydrogen (secondary N) is 1. The molecule has 0 saturated carbocycles. The lowest BCUT2D eigenvalue weighted by Gasteiger charge is -2.18. The Morgan fingerprint density at radius 1 is 1.06 bits per heavy atom. The first-order valence-electron chi connectivity index (χ1n) is 6.73. The molecule has 3 nitrogen and oxygen atoms in total. The standard InChI is InChI=1S/C15H25NO2/c1-4-16-15(12-18-11-10-17-5-2)14-8-6-13(3)7-9-14/h6-9,15-16H,4-5,10-12H2,1-3H3. The zero-order valence-corrected chi connectivity index (χ0v) is 11.7. The second kappa shape index (κ2) is 9.09. The Bertz CT molecular complexity index is 311. The van der Waals surface area contributed by atoms with Gasteiger partial charge in [-0.15, -0.1) is 0 Å². The Labute approximate surface area is 110 Å². The van der Waals surface area contributed by atoms with Crippen LogP contribution in [0.15, 0.2) is 24.3 Å². The highest BCUT2D eigenvalue weighted by Crippen LogP contribution is 2.14. The Morgan fingerprint density at radius 3 is 2.33 bits per heavy atom. The van der Waals surface area contributed by atoms with E-state index >= 15 is 0 Å². The highest BCUT2D eigenvalue weighted by molar-refractivity contribution is 5.24. The van der Waals surface area contributed by atoms with Crippen LogP contribution in [0.3, 0.4) is 0 Å². The minimum Gasteiger partial charge on any atom is -0.379 e. The van der Waals surface area contributed by atoms with E-state index in [0.717, 1.165) is 13.2 Å². The number of benzene rings is 1.